The third-order valence-electron chi connectivity index (χ3n) is 4.75. The number of carbonyl (C=O) groups excluding carboxylic acids is 1. The molecule has 3 aromatic heterocycles. The Balaban J connectivity index is 1.80. The minimum absolute atomic E-state index is 0.138. The van der Waals surface area contributed by atoms with Gasteiger partial charge in [0.15, 0.2) is 0 Å². The summed E-state index contributed by atoms with van der Waals surface area (Å²) in [6.45, 7) is 7.88. The lowest BCUT2D eigenvalue weighted by Gasteiger charge is -2.11. The summed E-state index contributed by atoms with van der Waals surface area (Å²) in [6.07, 6.45) is 2.21. The Hall–Kier alpha value is -2.76. The molecule has 6 heteroatoms. The molecule has 1 fully saturated rings. The molecule has 0 bridgehead atoms. The van der Waals surface area contributed by atoms with Gasteiger partial charge in [-0.25, -0.2) is 4.98 Å². The van der Waals surface area contributed by atoms with Gasteiger partial charge in [-0.1, -0.05) is 19.0 Å². The van der Waals surface area contributed by atoms with Gasteiger partial charge in [-0.2, -0.15) is 0 Å². The summed E-state index contributed by atoms with van der Waals surface area (Å²) < 4.78 is 5.46. The number of aryl methyl sites for hydroxylation is 2. The lowest BCUT2D eigenvalue weighted by molar-refractivity contribution is 0.102. The topological polar surface area (TPSA) is 80.9 Å². The van der Waals surface area contributed by atoms with Gasteiger partial charge in [-0.05, 0) is 50.8 Å². The molecule has 0 radical (unpaired) electrons. The van der Waals surface area contributed by atoms with Gasteiger partial charge in [0.2, 0.25) is 0 Å². The molecule has 1 aliphatic rings. The highest BCUT2D eigenvalue weighted by Crippen LogP contribution is 2.41. The number of hydrogen-bond donors (Lipinski definition) is 1. The lowest BCUT2D eigenvalue weighted by atomic mass is 10.0. The maximum absolute atomic E-state index is 13.1. The Morgan fingerprint density at radius 1 is 1.23 bits per heavy atom. The highest BCUT2D eigenvalue weighted by atomic mass is 16.5. The summed E-state index contributed by atoms with van der Waals surface area (Å²) >= 11 is 0. The van der Waals surface area contributed by atoms with E-state index in [1.807, 2.05) is 45.9 Å². The van der Waals surface area contributed by atoms with E-state index >= 15 is 0 Å². The van der Waals surface area contributed by atoms with Crippen LogP contribution >= 0.6 is 0 Å². The van der Waals surface area contributed by atoms with Crippen molar-refractivity contribution in [2.45, 2.75) is 52.4 Å². The van der Waals surface area contributed by atoms with Crippen molar-refractivity contribution in [3.8, 4) is 0 Å². The zero-order chi connectivity index (χ0) is 18.4. The van der Waals surface area contributed by atoms with E-state index in [2.05, 4.69) is 20.4 Å². The van der Waals surface area contributed by atoms with E-state index in [1.54, 1.807) is 0 Å². The molecule has 1 N–H and O–H groups in total. The highest BCUT2D eigenvalue weighted by molar-refractivity contribution is 6.12. The van der Waals surface area contributed by atoms with Gasteiger partial charge in [-0.3, -0.25) is 9.78 Å². The summed E-state index contributed by atoms with van der Waals surface area (Å²) in [5, 5.41) is 7.86. The Bertz CT molecular complexity index is 1000. The van der Waals surface area contributed by atoms with Crippen LogP contribution in [0.15, 0.2) is 22.7 Å². The van der Waals surface area contributed by atoms with Crippen LogP contribution in [0.5, 0.6) is 0 Å². The molecule has 0 aromatic carbocycles. The maximum atomic E-state index is 13.1. The van der Waals surface area contributed by atoms with Gasteiger partial charge >= 0.3 is 0 Å². The molecule has 0 atom stereocenters. The lowest BCUT2D eigenvalue weighted by Crippen LogP contribution is -2.15. The van der Waals surface area contributed by atoms with E-state index in [4.69, 9.17) is 4.52 Å². The molecule has 1 saturated carbocycles. The van der Waals surface area contributed by atoms with E-state index in [0.29, 0.717) is 28.3 Å². The van der Waals surface area contributed by atoms with Crippen molar-refractivity contribution in [3.63, 3.8) is 0 Å². The van der Waals surface area contributed by atoms with Crippen LogP contribution in [0.1, 0.15) is 71.7 Å². The average molecular weight is 350 g/mol. The van der Waals surface area contributed by atoms with Crippen LogP contribution in [0.4, 0.5) is 5.69 Å². The van der Waals surface area contributed by atoms with Gasteiger partial charge in [0, 0.05) is 17.3 Å². The molecule has 0 unspecified atom stereocenters. The Kier molecular flexibility index (Phi) is 3.98. The Morgan fingerprint density at radius 3 is 2.65 bits per heavy atom. The van der Waals surface area contributed by atoms with Gasteiger partial charge in [0.25, 0.3) is 11.6 Å². The normalized spacial score (nSPS) is 14.2. The smallest absolute Gasteiger partial charge is 0.259 e. The number of nitrogens with zero attached hydrogens (tertiary/aromatic N) is 3. The number of fused-ring (bicyclic) bond motifs is 1. The molecule has 1 aliphatic carbocycles. The number of hydrogen-bond acceptors (Lipinski definition) is 5. The van der Waals surface area contributed by atoms with Crippen molar-refractivity contribution in [2.75, 3.05) is 5.32 Å². The molecule has 6 nitrogen and oxygen atoms in total. The molecule has 134 valence electrons. The monoisotopic (exact) mass is 350 g/mol. The number of aromatic nitrogens is 3. The Labute approximate surface area is 152 Å². The fourth-order valence-electron chi connectivity index (χ4n) is 3.16. The minimum atomic E-state index is -0.182. The molecule has 0 spiro atoms. The first-order valence-electron chi connectivity index (χ1n) is 9.00. The first-order chi connectivity index (χ1) is 12.4. The number of pyridine rings is 2. The summed E-state index contributed by atoms with van der Waals surface area (Å²) in [4.78, 5) is 22.1. The third kappa shape index (κ3) is 2.96. The van der Waals surface area contributed by atoms with E-state index < -0.39 is 0 Å². The van der Waals surface area contributed by atoms with Gasteiger partial charge in [-0.15, -0.1) is 0 Å². The number of amides is 1. The van der Waals surface area contributed by atoms with E-state index in [0.717, 1.165) is 35.6 Å². The van der Waals surface area contributed by atoms with Crippen LogP contribution in [0.25, 0.3) is 11.1 Å². The van der Waals surface area contributed by atoms with Crippen molar-refractivity contribution in [2.24, 2.45) is 0 Å². The summed E-state index contributed by atoms with van der Waals surface area (Å²) in [7, 11) is 0. The fraction of sp³-hybridized carbons (Fsp3) is 0.400. The minimum Gasteiger partial charge on any atom is -0.335 e. The summed E-state index contributed by atoms with van der Waals surface area (Å²) in [5.41, 5.74) is 5.11. The van der Waals surface area contributed by atoms with Gasteiger partial charge < -0.3 is 9.84 Å². The van der Waals surface area contributed by atoms with Gasteiger partial charge in [0.05, 0.1) is 28.0 Å². The first kappa shape index (κ1) is 16.7. The maximum Gasteiger partial charge on any atom is 0.259 e. The second kappa shape index (κ2) is 6.20. The second-order valence-electron chi connectivity index (χ2n) is 7.31. The predicted molar refractivity (Wildman–Crippen MR) is 99.5 cm³/mol. The van der Waals surface area contributed by atoms with Crippen molar-refractivity contribution >= 4 is 22.7 Å². The molecule has 4 rings (SSSR count). The third-order valence-corrected chi connectivity index (χ3v) is 4.75. The molecule has 3 aromatic rings. The van der Waals surface area contributed by atoms with Crippen LogP contribution < -0.4 is 5.32 Å². The number of rotatable bonds is 4. The largest absolute Gasteiger partial charge is 0.335 e. The summed E-state index contributed by atoms with van der Waals surface area (Å²) in [5.74, 6) is 0.374. The van der Waals surface area contributed by atoms with Crippen LogP contribution in [-0.2, 0) is 0 Å². The van der Waals surface area contributed by atoms with E-state index in [-0.39, 0.29) is 11.8 Å². The molecule has 26 heavy (non-hydrogen) atoms. The SMILES string of the molecule is Cc1ccc(NC(=O)c2cc(C3CC3)nc3onc(C(C)C)c23)c(C)n1. The van der Waals surface area contributed by atoms with Crippen LogP contribution in [0, 0.1) is 13.8 Å². The van der Waals surface area contributed by atoms with Gasteiger partial charge in [0.1, 0.15) is 0 Å². The zero-order valence-electron chi connectivity index (χ0n) is 15.5. The quantitative estimate of drug-likeness (QED) is 0.750. The average Bonchev–Trinajstić information content (AvgIpc) is 3.35. The van der Waals surface area contributed by atoms with E-state index in [9.17, 15) is 4.79 Å². The number of carbonyl (C=O) groups is 1. The Morgan fingerprint density at radius 2 is 2.00 bits per heavy atom. The number of nitrogens with one attached hydrogen (secondary N) is 1. The fourth-order valence-corrected chi connectivity index (χ4v) is 3.16. The molecular weight excluding hydrogens is 328 g/mol. The summed E-state index contributed by atoms with van der Waals surface area (Å²) in [6, 6.07) is 5.67. The van der Waals surface area contributed by atoms with E-state index in [1.165, 1.54) is 0 Å². The predicted octanol–water partition coefficient (Wildman–Crippen LogP) is 4.49. The van der Waals surface area contributed by atoms with Crippen molar-refractivity contribution in [1.82, 2.24) is 15.1 Å². The number of anilines is 1. The van der Waals surface area contributed by atoms with Crippen LogP contribution in [0.2, 0.25) is 0 Å². The van der Waals surface area contributed by atoms with Crippen LogP contribution in [-0.4, -0.2) is 21.0 Å². The second-order valence-corrected chi connectivity index (χ2v) is 7.31. The molecule has 1 amide bonds. The molecule has 0 aliphatic heterocycles. The molecular formula is C20H22N4O2. The van der Waals surface area contributed by atoms with Crippen molar-refractivity contribution in [3.05, 3.63) is 46.5 Å². The standard InChI is InChI=1S/C20H22N4O2/c1-10(2)18-17-14(9-16(13-6-7-13)23-20(17)26-24-18)19(25)22-15-8-5-11(3)21-12(15)4/h5,8-10,13H,6-7H2,1-4H3,(H,22,25). The molecule has 0 saturated heterocycles. The molecule has 3 heterocycles. The van der Waals surface area contributed by atoms with Crippen molar-refractivity contribution < 1.29 is 9.32 Å². The van der Waals surface area contributed by atoms with Crippen LogP contribution in [0.3, 0.4) is 0 Å². The van der Waals surface area contributed by atoms with Crippen molar-refractivity contribution in [1.29, 1.82) is 0 Å². The zero-order valence-corrected chi connectivity index (χ0v) is 15.5. The highest BCUT2D eigenvalue weighted by Gasteiger charge is 2.29. The first-order valence-corrected chi connectivity index (χ1v) is 9.00.